The monoisotopic (exact) mass is 312 g/mol. The van der Waals surface area contributed by atoms with E-state index in [1.807, 2.05) is 39.6 Å². The summed E-state index contributed by atoms with van der Waals surface area (Å²) in [7, 11) is 0. The van der Waals surface area contributed by atoms with E-state index in [2.05, 4.69) is 15.5 Å². The van der Waals surface area contributed by atoms with Crippen LogP contribution in [0.3, 0.4) is 0 Å². The van der Waals surface area contributed by atoms with Crippen LogP contribution in [0, 0.1) is 0 Å². The van der Waals surface area contributed by atoms with Crippen molar-refractivity contribution in [1.29, 1.82) is 0 Å². The summed E-state index contributed by atoms with van der Waals surface area (Å²) < 4.78 is 2.00. The van der Waals surface area contributed by atoms with Gasteiger partial charge in [-0.1, -0.05) is 6.42 Å². The Balaban J connectivity index is 1.59. The van der Waals surface area contributed by atoms with Crippen molar-refractivity contribution >= 4 is 28.6 Å². The molecule has 3 aromatic rings. The smallest absolute Gasteiger partial charge is 0.228 e. The van der Waals surface area contributed by atoms with Crippen LogP contribution in [0.2, 0.25) is 0 Å². The van der Waals surface area contributed by atoms with Gasteiger partial charge in [-0.25, -0.2) is 0 Å². The largest absolute Gasteiger partial charge is 0.323 e. The number of aromatic nitrogens is 3. The Morgan fingerprint density at radius 1 is 1.36 bits per heavy atom. The number of fused-ring (bicyclic) bond motifs is 1. The molecule has 1 fully saturated rings. The van der Waals surface area contributed by atoms with Crippen molar-refractivity contribution in [3.63, 3.8) is 0 Å². The van der Waals surface area contributed by atoms with Crippen LogP contribution in [-0.4, -0.2) is 20.5 Å². The molecule has 6 heteroatoms. The molecule has 0 unspecified atom stereocenters. The van der Waals surface area contributed by atoms with E-state index in [0.717, 1.165) is 22.7 Å². The minimum absolute atomic E-state index is 0.0281. The average Bonchev–Trinajstić information content (AvgIpc) is 3.08. The van der Waals surface area contributed by atoms with E-state index in [4.69, 9.17) is 0 Å². The summed E-state index contributed by atoms with van der Waals surface area (Å²) in [4.78, 5) is 12.2. The first-order valence-corrected chi connectivity index (χ1v) is 8.40. The number of anilines is 1. The number of nitrogens with one attached hydrogen (secondary N) is 1. The number of hydrogen-bond donors (Lipinski definition) is 1. The van der Waals surface area contributed by atoms with E-state index in [9.17, 15) is 4.79 Å². The van der Waals surface area contributed by atoms with Gasteiger partial charge in [0.1, 0.15) is 5.82 Å². The summed E-state index contributed by atoms with van der Waals surface area (Å²) in [6, 6.07) is 5.77. The first-order chi connectivity index (χ1) is 10.8. The highest BCUT2D eigenvalue weighted by Gasteiger charge is 2.25. The van der Waals surface area contributed by atoms with Gasteiger partial charge in [0, 0.05) is 12.1 Å². The summed E-state index contributed by atoms with van der Waals surface area (Å²) in [5.41, 5.74) is 2.48. The van der Waals surface area contributed by atoms with Gasteiger partial charge in [0.2, 0.25) is 5.91 Å². The zero-order valence-electron chi connectivity index (χ0n) is 12.0. The van der Waals surface area contributed by atoms with E-state index in [0.29, 0.717) is 12.3 Å². The number of hydrogen-bond acceptors (Lipinski definition) is 4. The fourth-order valence-corrected chi connectivity index (χ4v) is 3.42. The highest BCUT2D eigenvalue weighted by Crippen LogP contribution is 2.35. The molecule has 1 amide bonds. The molecule has 0 aromatic carbocycles. The Morgan fingerprint density at radius 3 is 3.00 bits per heavy atom. The zero-order valence-corrected chi connectivity index (χ0v) is 12.8. The molecule has 0 bridgehead atoms. The predicted molar refractivity (Wildman–Crippen MR) is 86.2 cm³/mol. The van der Waals surface area contributed by atoms with Crippen LogP contribution < -0.4 is 5.32 Å². The maximum atomic E-state index is 12.2. The van der Waals surface area contributed by atoms with Crippen molar-refractivity contribution in [1.82, 2.24) is 14.6 Å². The van der Waals surface area contributed by atoms with Crippen LogP contribution >= 0.6 is 11.3 Å². The third kappa shape index (κ3) is 2.39. The van der Waals surface area contributed by atoms with E-state index in [1.54, 1.807) is 11.3 Å². The van der Waals surface area contributed by atoms with Crippen LogP contribution in [0.25, 0.3) is 5.65 Å². The van der Waals surface area contributed by atoms with Gasteiger partial charge in [-0.15, -0.1) is 10.2 Å². The first-order valence-electron chi connectivity index (χ1n) is 7.46. The van der Waals surface area contributed by atoms with E-state index >= 15 is 0 Å². The Morgan fingerprint density at radius 2 is 2.27 bits per heavy atom. The molecule has 4 rings (SSSR count). The lowest BCUT2D eigenvalue weighted by Crippen LogP contribution is -2.15. The first kappa shape index (κ1) is 13.5. The standard InChI is InChI=1S/C16H16N4OS/c21-14(9-11-6-8-22-10-11)17-13-5-2-7-20-15(12-3-1-4-12)18-19-16(13)20/h2,5-8,10,12H,1,3-4,9H2,(H,17,21). The molecule has 0 radical (unpaired) electrons. The van der Waals surface area contributed by atoms with Crippen molar-refractivity contribution in [2.24, 2.45) is 0 Å². The molecule has 22 heavy (non-hydrogen) atoms. The normalized spacial score (nSPS) is 14.9. The minimum Gasteiger partial charge on any atom is -0.323 e. The molecule has 0 aliphatic heterocycles. The molecule has 5 nitrogen and oxygen atoms in total. The number of pyridine rings is 1. The molecule has 112 valence electrons. The molecular weight excluding hydrogens is 296 g/mol. The lowest BCUT2D eigenvalue weighted by molar-refractivity contribution is -0.115. The van der Waals surface area contributed by atoms with Crippen LogP contribution in [0.4, 0.5) is 5.69 Å². The number of nitrogens with zero attached hydrogens (tertiary/aromatic N) is 3. The van der Waals surface area contributed by atoms with Gasteiger partial charge in [-0.3, -0.25) is 9.20 Å². The second-order valence-electron chi connectivity index (χ2n) is 5.66. The molecule has 3 aromatic heterocycles. The van der Waals surface area contributed by atoms with Crippen LogP contribution in [0.5, 0.6) is 0 Å². The number of carbonyl (C=O) groups excluding carboxylic acids is 1. The van der Waals surface area contributed by atoms with Crippen molar-refractivity contribution in [3.05, 3.63) is 46.5 Å². The van der Waals surface area contributed by atoms with Gasteiger partial charge in [0.15, 0.2) is 5.65 Å². The second kappa shape index (κ2) is 5.53. The number of thiophene rings is 1. The van der Waals surface area contributed by atoms with Gasteiger partial charge in [0.05, 0.1) is 12.1 Å². The third-order valence-electron chi connectivity index (χ3n) is 4.15. The van der Waals surface area contributed by atoms with E-state index in [1.165, 1.54) is 19.3 Å². The van der Waals surface area contributed by atoms with Crippen molar-refractivity contribution in [2.45, 2.75) is 31.6 Å². The summed E-state index contributed by atoms with van der Waals surface area (Å²) in [6.45, 7) is 0. The van der Waals surface area contributed by atoms with Gasteiger partial charge < -0.3 is 5.32 Å². The number of carbonyl (C=O) groups is 1. The van der Waals surface area contributed by atoms with Crippen molar-refractivity contribution in [2.75, 3.05) is 5.32 Å². The van der Waals surface area contributed by atoms with Crippen molar-refractivity contribution in [3.8, 4) is 0 Å². The van der Waals surface area contributed by atoms with Crippen LogP contribution in [0.15, 0.2) is 35.2 Å². The number of amides is 1. The summed E-state index contributed by atoms with van der Waals surface area (Å²) in [5, 5.41) is 15.5. The molecule has 1 N–H and O–H groups in total. The molecule has 3 heterocycles. The predicted octanol–water partition coefficient (Wildman–Crippen LogP) is 3.24. The second-order valence-corrected chi connectivity index (χ2v) is 6.44. The summed E-state index contributed by atoms with van der Waals surface area (Å²) in [6.07, 6.45) is 5.97. The van der Waals surface area contributed by atoms with Crippen molar-refractivity contribution < 1.29 is 4.79 Å². The lowest BCUT2D eigenvalue weighted by Gasteiger charge is -2.23. The summed E-state index contributed by atoms with van der Waals surface area (Å²) in [5.74, 6) is 1.49. The maximum absolute atomic E-state index is 12.2. The maximum Gasteiger partial charge on any atom is 0.228 e. The molecular formula is C16H16N4OS. The quantitative estimate of drug-likeness (QED) is 0.804. The van der Waals surface area contributed by atoms with Gasteiger partial charge in [-0.05, 0) is 47.4 Å². The SMILES string of the molecule is O=C(Cc1ccsc1)Nc1cccn2c(C3CCC3)nnc12. The number of rotatable bonds is 4. The highest BCUT2D eigenvalue weighted by molar-refractivity contribution is 7.08. The average molecular weight is 312 g/mol. The van der Waals surface area contributed by atoms with E-state index < -0.39 is 0 Å². The highest BCUT2D eigenvalue weighted by atomic mass is 32.1. The fourth-order valence-electron chi connectivity index (χ4n) is 2.75. The van der Waals surface area contributed by atoms with E-state index in [-0.39, 0.29) is 5.91 Å². The van der Waals surface area contributed by atoms with Crippen LogP contribution in [-0.2, 0) is 11.2 Å². The van der Waals surface area contributed by atoms with Gasteiger partial charge in [0.25, 0.3) is 0 Å². The lowest BCUT2D eigenvalue weighted by atomic mass is 9.85. The topological polar surface area (TPSA) is 59.3 Å². The Hall–Kier alpha value is -2.21. The fraction of sp³-hybridized carbons (Fsp3) is 0.312. The minimum atomic E-state index is -0.0281. The van der Waals surface area contributed by atoms with Gasteiger partial charge in [-0.2, -0.15) is 11.3 Å². The third-order valence-corrected chi connectivity index (χ3v) is 4.88. The molecule has 1 saturated carbocycles. The van der Waals surface area contributed by atoms with Crippen LogP contribution in [0.1, 0.15) is 36.6 Å². The Kier molecular flexibility index (Phi) is 3.38. The van der Waals surface area contributed by atoms with Gasteiger partial charge >= 0.3 is 0 Å². The molecule has 0 atom stereocenters. The Labute approximate surface area is 132 Å². The molecule has 1 aliphatic carbocycles. The molecule has 0 spiro atoms. The zero-order chi connectivity index (χ0) is 14.9. The molecule has 0 saturated heterocycles. The molecule has 1 aliphatic rings. The summed E-state index contributed by atoms with van der Waals surface area (Å²) >= 11 is 1.60. The Bertz CT molecular complexity index is 805.